The van der Waals surface area contributed by atoms with E-state index in [4.69, 9.17) is 14.2 Å². The van der Waals surface area contributed by atoms with Crippen molar-refractivity contribution in [2.75, 3.05) is 26.6 Å². The van der Waals surface area contributed by atoms with Crippen LogP contribution >= 0.6 is 0 Å². The van der Waals surface area contributed by atoms with Crippen LogP contribution in [0.4, 0.5) is 5.69 Å². The highest BCUT2D eigenvalue weighted by Gasteiger charge is 2.24. The summed E-state index contributed by atoms with van der Waals surface area (Å²) in [5.74, 6) is 1.46. The molecular weight excluding hydrogens is 294 g/mol. The average molecular weight is 311 g/mol. The molecule has 1 aliphatic heterocycles. The molecule has 2 aromatic rings. The van der Waals surface area contributed by atoms with E-state index in [0.29, 0.717) is 22.8 Å². The zero-order valence-electron chi connectivity index (χ0n) is 13.2. The van der Waals surface area contributed by atoms with Gasteiger partial charge in [-0.25, -0.2) is 0 Å². The fourth-order valence-electron chi connectivity index (χ4n) is 2.68. The van der Waals surface area contributed by atoms with E-state index in [1.54, 1.807) is 33.5 Å². The first-order chi connectivity index (χ1) is 11.2. The molecule has 23 heavy (non-hydrogen) atoms. The normalized spacial score (nSPS) is 14.4. The second-order valence-electron chi connectivity index (χ2n) is 4.98. The Hall–Kier alpha value is -2.95. The molecule has 5 heteroatoms. The van der Waals surface area contributed by atoms with Gasteiger partial charge in [0.25, 0.3) is 5.91 Å². The quantitative estimate of drug-likeness (QED) is 0.881. The molecule has 0 saturated carbocycles. The molecule has 5 nitrogen and oxygen atoms in total. The molecule has 0 radical (unpaired) electrons. The first-order valence-corrected chi connectivity index (χ1v) is 7.11. The van der Waals surface area contributed by atoms with Crippen molar-refractivity contribution in [1.82, 2.24) is 0 Å². The third-order valence-electron chi connectivity index (χ3n) is 3.74. The van der Waals surface area contributed by atoms with E-state index in [9.17, 15) is 4.79 Å². The molecule has 0 bridgehead atoms. The highest BCUT2D eigenvalue weighted by atomic mass is 16.5. The Balaban J connectivity index is 2.15. The number of carbonyl (C=O) groups is 1. The summed E-state index contributed by atoms with van der Waals surface area (Å²) in [6.07, 6.45) is 1.79. The van der Waals surface area contributed by atoms with Crippen LogP contribution in [0.3, 0.4) is 0 Å². The SMILES string of the molecule is COc1ccc(C=C2C(=O)Nc3ccccc32)c(OC)c1OC. The molecule has 1 aliphatic rings. The van der Waals surface area contributed by atoms with Gasteiger partial charge in [-0.05, 0) is 24.3 Å². The third kappa shape index (κ3) is 2.50. The number of anilines is 1. The first-order valence-electron chi connectivity index (χ1n) is 7.11. The van der Waals surface area contributed by atoms with Crippen molar-refractivity contribution in [2.24, 2.45) is 0 Å². The van der Waals surface area contributed by atoms with Crippen LogP contribution in [0.1, 0.15) is 11.1 Å². The van der Waals surface area contributed by atoms with Crippen molar-refractivity contribution < 1.29 is 19.0 Å². The van der Waals surface area contributed by atoms with E-state index >= 15 is 0 Å². The number of nitrogens with one attached hydrogen (secondary N) is 1. The number of rotatable bonds is 4. The van der Waals surface area contributed by atoms with E-state index < -0.39 is 0 Å². The minimum Gasteiger partial charge on any atom is -0.493 e. The van der Waals surface area contributed by atoms with Gasteiger partial charge >= 0.3 is 0 Å². The van der Waals surface area contributed by atoms with Crippen molar-refractivity contribution in [1.29, 1.82) is 0 Å². The third-order valence-corrected chi connectivity index (χ3v) is 3.74. The summed E-state index contributed by atoms with van der Waals surface area (Å²) in [7, 11) is 4.67. The van der Waals surface area contributed by atoms with Crippen LogP contribution in [0.5, 0.6) is 17.2 Å². The van der Waals surface area contributed by atoms with Crippen molar-refractivity contribution >= 4 is 23.2 Å². The predicted molar refractivity (Wildman–Crippen MR) is 89.0 cm³/mol. The number of hydrogen-bond donors (Lipinski definition) is 1. The molecule has 1 heterocycles. The Kier molecular flexibility index (Phi) is 3.93. The van der Waals surface area contributed by atoms with Gasteiger partial charge in [0.05, 0.1) is 21.3 Å². The largest absolute Gasteiger partial charge is 0.493 e. The summed E-state index contributed by atoms with van der Waals surface area (Å²) in [5, 5.41) is 2.85. The summed E-state index contributed by atoms with van der Waals surface area (Å²) in [5.41, 5.74) is 3.01. The molecule has 0 fully saturated rings. The van der Waals surface area contributed by atoms with Crippen molar-refractivity contribution in [3.8, 4) is 17.2 Å². The van der Waals surface area contributed by atoms with Crippen LogP contribution in [0.15, 0.2) is 36.4 Å². The maximum absolute atomic E-state index is 12.2. The number of amides is 1. The van der Waals surface area contributed by atoms with E-state index in [2.05, 4.69) is 5.32 Å². The first kappa shape index (κ1) is 15.0. The highest BCUT2D eigenvalue weighted by molar-refractivity contribution is 6.35. The molecule has 0 unspecified atom stereocenters. The number of fused-ring (bicyclic) bond motifs is 1. The number of methoxy groups -OCH3 is 3. The Morgan fingerprint density at radius 3 is 2.35 bits per heavy atom. The van der Waals surface area contributed by atoms with Crippen LogP contribution in [-0.2, 0) is 4.79 Å². The molecule has 1 N–H and O–H groups in total. The van der Waals surface area contributed by atoms with Gasteiger partial charge in [-0.15, -0.1) is 0 Å². The van der Waals surface area contributed by atoms with Crippen molar-refractivity contribution in [3.05, 3.63) is 47.5 Å². The number of hydrogen-bond acceptors (Lipinski definition) is 4. The minimum absolute atomic E-state index is 0.136. The second kappa shape index (κ2) is 6.04. The zero-order chi connectivity index (χ0) is 16.4. The van der Waals surface area contributed by atoms with Crippen LogP contribution in [0, 0.1) is 0 Å². The molecule has 1 amide bonds. The van der Waals surface area contributed by atoms with E-state index in [0.717, 1.165) is 16.8 Å². The lowest BCUT2D eigenvalue weighted by molar-refractivity contribution is -0.110. The molecule has 2 aromatic carbocycles. The van der Waals surface area contributed by atoms with E-state index in [1.165, 1.54) is 0 Å². The Morgan fingerprint density at radius 2 is 1.65 bits per heavy atom. The van der Waals surface area contributed by atoms with Crippen molar-refractivity contribution in [2.45, 2.75) is 0 Å². The molecular formula is C18H17NO4. The Labute approximate surface area is 134 Å². The van der Waals surface area contributed by atoms with Gasteiger partial charge in [0.2, 0.25) is 5.75 Å². The van der Waals surface area contributed by atoms with Crippen LogP contribution in [0.25, 0.3) is 11.6 Å². The van der Waals surface area contributed by atoms with Crippen LogP contribution in [0.2, 0.25) is 0 Å². The molecule has 0 aliphatic carbocycles. The predicted octanol–water partition coefficient (Wildman–Crippen LogP) is 3.21. The Bertz CT molecular complexity index is 796. The lowest BCUT2D eigenvalue weighted by Gasteiger charge is -2.14. The van der Waals surface area contributed by atoms with Gasteiger partial charge in [0, 0.05) is 22.4 Å². The van der Waals surface area contributed by atoms with Crippen LogP contribution < -0.4 is 19.5 Å². The molecule has 0 atom stereocenters. The fourth-order valence-corrected chi connectivity index (χ4v) is 2.68. The number of carbonyl (C=O) groups excluding carboxylic acids is 1. The molecule has 0 saturated heterocycles. The van der Waals surface area contributed by atoms with Crippen molar-refractivity contribution in [3.63, 3.8) is 0 Å². The topological polar surface area (TPSA) is 56.8 Å². The zero-order valence-corrected chi connectivity index (χ0v) is 13.2. The minimum atomic E-state index is -0.136. The van der Waals surface area contributed by atoms with Gasteiger partial charge in [-0.3, -0.25) is 4.79 Å². The monoisotopic (exact) mass is 311 g/mol. The maximum Gasteiger partial charge on any atom is 0.256 e. The fraction of sp³-hybridized carbons (Fsp3) is 0.167. The van der Waals surface area contributed by atoms with Crippen LogP contribution in [-0.4, -0.2) is 27.2 Å². The van der Waals surface area contributed by atoms with Gasteiger partial charge < -0.3 is 19.5 Å². The molecule has 0 spiro atoms. The summed E-state index contributed by atoms with van der Waals surface area (Å²) >= 11 is 0. The summed E-state index contributed by atoms with van der Waals surface area (Å²) < 4.78 is 16.1. The number of benzene rings is 2. The van der Waals surface area contributed by atoms with E-state index in [-0.39, 0.29) is 5.91 Å². The van der Waals surface area contributed by atoms with Gasteiger partial charge in [-0.1, -0.05) is 18.2 Å². The summed E-state index contributed by atoms with van der Waals surface area (Å²) in [6.45, 7) is 0. The van der Waals surface area contributed by atoms with Gasteiger partial charge in [0.1, 0.15) is 0 Å². The second-order valence-corrected chi connectivity index (χ2v) is 4.98. The maximum atomic E-state index is 12.2. The lowest BCUT2D eigenvalue weighted by Crippen LogP contribution is -2.04. The van der Waals surface area contributed by atoms with Gasteiger partial charge in [0.15, 0.2) is 11.5 Å². The number of ether oxygens (including phenoxy) is 3. The highest BCUT2D eigenvalue weighted by Crippen LogP contribution is 2.42. The molecule has 3 rings (SSSR count). The molecule has 118 valence electrons. The number of para-hydroxylation sites is 1. The molecule has 0 aromatic heterocycles. The average Bonchev–Trinajstić information content (AvgIpc) is 2.90. The lowest BCUT2D eigenvalue weighted by atomic mass is 10.0. The standard InChI is InChI=1S/C18H17NO4/c1-21-15-9-8-11(16(22-2)17(15)23-3)10-13-12-6-4-5-7-14(12)19-18(13)20/h4-10H,1-3H3,(H,19,20). The smallest absolute Gasteiger partial charge is 0.256 e. The van der Waals surface area contributed by atoms with E-state index in [1.807, 2.05) is 30.3 Å². The summed E-state index contributed by atoms with van der Waals surface area (Å²) in [6, 6.07) is 11.2. The van der Waals surface area contributed by atoms with Gasteiger partial charge in [-0.2, -0.15) is 0 Å². The Morgan fingerprint density at radius 1 is 0.913 bits per heavy atom. The summed E-state index contributed by atoms with van der Waals surface area (Å²) in [4.78, 5) is 12.2.